The molecule has 1 fully saturated rings. The maximum atomic E-state index is 11.7. The van der Waals surface area contributed by atoms with Crippen LogP contribution in [0.4, 0.5) is 5.82 Å². The van der Waals surface area contributed by atoms with E-state index in [2.05, 4.69) is 15.3 Å². The van der Waals surface area contributed by atoms with Gasteiger partial charge < -0.3 is 5.32 Å². The van der Waals surface area contributed by atoms with E-state index in [-0.39, 0.29) is 5.92 Å². The van der Waals surface area contributed by atoms with E-state index in [0.29, 0.717) is 25.5 Å². The summed E-state index contributed by atoms with van der Waals surface area (Å²) in [4.78, 5) is 13.4. The van der Waals surface area contributed by atoms with E-state index in [0.717, 1.165) is 28.7 Å². The van der Waals surface area contributed by atoms with Crippen LogP contribution >= 0.6 is 0 Å². The van der Waals surface area contributed by atoms with Crippen molar-refractivity contribution in [2.45, 2.75) is 6.42 Å². The Balaban J connectivity index is 1.59. The van der Waals surface area contributed by atoms with Gasteiger partial charge in [-0.05, 0) is 36.6 Å². The molecule has 1 unspecified atom stereocenters. The van der Waals surface area contributed by atoms with E-state index in [4.69, 9.17) is 4.98 Å². The van der Waals surface area contributed by atoms with E-state index >= 15 is 0 Å². The van der Waals surface area contributed by atoms with Gasteiger partial charge in [-0.2, -0.15) is 0 Å². The molecule has 0 radical (unpaired) electrons. The van der Waals surface area contributed by atoms with E-state index in [1.54, 1.807) is 16.7 Å². The van der Waals surface area contributed by atoms with Gasteiger partial charge >= 0.3 is 0 Å². The van der Waals surface area contributed by atoms with Gasteiger partial charge in [-0.3, -0.25) is 4.98 Å². The predicted octanol–water partition coefficient (Wildman–Crippen LogP) is 2.39. The first kappa shape index (κ1) is 17.8. The van der Waals surface area contributed by atoms with Crippen LogP contribution in [-0.2, 0) is 10.0 Å². The second-order valence-electron chi connectivity index (χ2n) is 6.81. The Morgan fingerprint density at radius 1 is 1.15 bits per heavy atom. The number of anilines is 1. The van der Waals surface area contributed by atoms with E-state index in [1.807, 2.05) is 36.4 Å². The minimum atomic E-state index is -3.12. The van der Waals surface area contributed by atoms with Crippen LogP contribution in [0.3, 0.4) is 0 Å². The fourth-order valence-electron chi connectivity index (χ4n) is 3.35. The Bertz CT molecular complexity index is 1060. The molecule has 27 heavy (non-hydrogen) atoms. The summed E-state index contributed by atoms with van der Waals surface area (Å²) in [5.74, 6) is 1.67. The van der Waals surface area contributed by atoms with Gasteiger partial charge in [0.15, 0.2) is 5.82 Å². The predicted molar refractivity (Wildman–Crippen MR) is 106 cm³/mol. The molecule has 1 atom stereocenters. The fraction of sp³-hybridized carbons (Fsp3) is 0.316. The first-order valence-electron chi connectivity index (χ1n) is 8.87. The zero-order valence-electron chi connectivity index (χ0n) is 15.0. The molecule has 1 aliphatic heterocycles. The maximum Gasteiger partial charge on any atom is 0.211 e. The molecule has 1 aliphatic rings. The van der Waals surface area contributed by atoms with Crippen LogP contribution in [0.1, 0.15) is 6.42 Å². The Hall–Kier alpha value is -2.58. The lowest BCUT2D eigenvalue weighted by atomic mass is 10.1. The molecule has 1 N–H and O–H groups in total. The number of pyridine rings is 1. The molecule has 0 bridgehead atoms. The minimum Gasteiger partial charge on any atom is -0.369 e. The van der Waals surface area contributed by atoms with Crippen LogP contribution in [0, 0.1) is 5.92 Å². The van der Waals surface area contributed by atoms with Gasteiger partial charge in [-0.15, -0.1) is 0 Å². The van der Waals surface area contributed by atoms with E-state index in [9.17, 15) is 8.42 Å². The SMILES string of the molecule is CS(=O)(=O)N1CCC(CNc2nc(-c3ccncc3)nc3ccccc23)C1. The number of benzene rings is 1. The van der Waals surface area contributed by atoms with Crippen LogP contribution in [-0.4, -0.2) is 53.6 Å². The molecule has 7 nitrogen and oxygen atoms in total. The van der Waals surface area contributed by atoms with E-state index in [1.165, 1.54) is 6.26 Å². The minimum absolute atomic E-state index is 0.262. The van der Waals surface area contributed by atoms with Gasteiger partial charge in [-0.1, -0.05) is 12.1 Å². The van der Waals surface area contributed by atoms with Crippen molar-refractivity contribution >= 4 is 26.7 Å². The lowest BCUT2D eigenvalue weighted by Crippen LogP contribution is -2.28. The van der Waals surface area contributed by atoms with Crippen molar-refractivity contribution in [1.82, 2.24) is 19.3 Å². The summed E-state index contributed by atoms with van der Waals surface area (Å²) >= 11 is 0. The molecule has 0 aliphatic carbocycles. The number of hydrogen-bond donors (Lipinski definition) is 1. The highest BCUT2D eigenvalue weighted by Gasteiger charge is 2.28. The maximum absolute atomic E-state index is 11.7. The Morgan fingerprint density at radius 2 is 1.93 bits per heavy atom. The molecular weight excluding hydrogens is 362 g/mol. The largest absolute Gasteiger partial charge is 0.369 e. The second-order valence-corrected chi connectivity index (χ2v) is 8.79. The molecule has 0 saturated carbocycles. The highest BCUT2D eigenvalue weighted by atomic mass is 32.2. The lowest BCUT2D eigenvalue weighted by Gasteiger charge is -2.15. The number of fused-ring (bicyclic) bond motifs is 1. The summed E-state index contributed by atoms with van der Waals surface area (Å²) in [5, 5.41) is 4.38. The third kappa shape index (κ3) is 3.91. The average molecular weight is 383 g/mol. The van der Waals surface area contributed by atoms with Crippen LogP contribution in [0.25, 0.3) is 22.3 Å². The number of sulfonamides is 1. The van der Waals surface area contributed by atoms with Crippen molar-refractivity contribution in [3.8, 4) is 11.4 Å². The monoisotopic (exact) mass is 383 g/mol. The summed E-state index contributed by atoms with van der Waals surface area (Å²) in [7, 11) is -3.12. The summed E-state index contributed by atoms with van der Waals surface area (Å²) < 4.78 is 25.0. The molecule has 4 rings (SSSR count). The second kappa shape index (κ2) is 7.21. The molecule has 1 aromatic carbocycles. The number of nitrogens with one attached hydrogen (secondary N) is 1. The molecule has 1 saturated heterocycles. The van der Waals surface area contributed by atoms with Gasteiger partial charge in [0.1, 0.15) is 5.82 Å². The Labute approximate surface area is 158 Å². The first-order valence-corrected chi connectivity index (χ1v) is 10.7. The highest BCUT2D eigenvalue weighted by Crippen LogP contribution is 2.26. The number of nitrogens with zero attached hydrogens (tertiary/aromatic N) is 4. The van der Waals surface area contributed by atoms with Gasteiger partial charge in [0.25, 0.3) is 0 Å². The van der Waals surface area contributed by atoms with Crippen molar-refractivity contribution < 1.29 is 8.42 Å². The molecule has 3 aromatic rings. The third-order valence-corrected chi connectivity index (χ3v) is 6.09. The van der Waals surface area contributed by atoms with Gasteiger partial charge in [0.05, 0.1) is 11.8 Å². The van der Waals surface area contributed by atoms with Crippen LogP contribution in [0.2, 0.25) is 0 Å². The number of rotatable bonds is 5. The van der Waals surface area contributed by atoms with Gasteiger partial charge in [-0.25, -0.2) is 22.7 Å². The number of para-hydroxylation sites is 1. The molecule has 2 aromatic heterocycles. The molecule has 3 heterocycles. The van der Waals surface area contributed by atoms with Crippen molar-refractivity contribution in [2.24, 2.45) is 5.92 Å². The lowest BCUT2D eigenvalue weighted by molar-refractivity contribution is 0.466. The normalized spacial score (nSPS) is 18.0. The summed E-state index contributed by atoms with van der Waals surface area (Å²) in [5.41, 5.74) is 1.77. The number of hydrogen-bond acceptors (Lipinski definition) is 6. The molecule has 140 valence electrons. The quantitative estimate of drug-likeness (QED) is 0.728. The summed E-state index contributed by atoms with van der Waals surface area (Å²) in [6.45, 7) is 1.80. The molecule has 0 amide bonds. The zero-order valence-corrected chi connectivity index (χ0v) is 15.9. The van der Waals surface area contributed by atoms with Gasteiger partial charge in [0, 0.05) is 43.0 Å². The zero-order chi connectivity index (χ0) is 18.9. The molecule has 8 heteroatoms. The Kier molecular flexibility index (Phi) is 4.75. The molecule has 0 spiro atoms. The van der Waals surface area contributed by atoms with Crippen LogP contribution < -0.4 is 5.32 Å². The molecular formula is C19H21N5O2S. The smallest absolute Gasteiger partial charge is 0.211 e. The Morgan fingerprint density at radius 3 is 2.67 bits per heavy atom. The summed E-state index contributed by atoms with van der Waals surface area (Å²) in [6, 6.07) is 11.6. The number of aromatic nitrogens is 3. The van der Waals surface area contributed by atoms with Crippen molar-refractivity contribution in [3.05, 3.63) is 48.8 Å². The van der Waals surface area contributed by atoms with E-state index < -0.39 is 10.0 Å². The van der Waals surface area contributed by atoms with Crippen LogP contribution in [0.15, 0.2) is 48.8 Å². The van der Waals surface area contributed by atoms with Crippen molar-refractivity contribution in [2.75, 3.05) is 31.2 Å². The van der Waals surface area contributed by atoms with Crippen molar-refractivity contribution in [3.63, 3.8) is 0 Å². The average Bonchev–Trinajstić information content (AvgIpc) is 3.16. The topological polar surface area (TPSA) is 88.1 Å². The van der Waals surface area contributed by atoms with Gasteiger partial charge in [0.2, 0.25) is 10.0 Å². The third-order valence-electron chi connectivity index (χ3n) is 4.82. The first-order chi connectivity index (χ1) is 13.0. The highest BCUT2D eigenvalue weighted by molar-refractivity contribution is 7.88. The van der Waals surface area contributed by atoms with Crippen LogP contribution in [0.5, 0.6) is 0 Å². The van der Waals surface area contributed by atoms with Crippen molar-refractivity contribution in [1.29, 1.82) is 0 Å². The summed E-state index contributed by atoms with van der Waals surface area (Å²) in [6.07, 6.45) is 5.56. The standard InChI is InChI=1S/C19H21N5O2S/c1-27(25,26)24-11-8-14(13-24)12-21-19-16-4-2-3-5-17(16)22-18(23-19)15-6-9-20-10-7-15/h2-7,9-10,14H,8,11-13H2,1H3,(H,21,22,23). The fourth-order valence-corrected chi connectivity index (χ4v) is 4.27.